The Kier molecular flexibility index (Phi) is 6.88. The van der Waals surface area contributed by atoms with Crippen molar-refractivity contribution in [1.29, 1.82) is 0 Å². The summed E-state index contributed by atoms with van der Waals surface area (Å²) in [7, 11) is 0. The van der Waals surface area contributed by atoms with Gasteiger partial charge in [-0.15, -0.1) is 0 Å². The first-order chi connectivity index (χ1) is 18.6. The summed E-state index contributed by atoms with van der Waals surface area (Å²) in [5.41, 5.74) is 6.10. The van der Waals surface area contributed by atoms with E-state index in [0.29, 0.717) is 50.1 Å². The van der Waals surface area contributed by atoms with Crippen LogP contribution in [0.15, 0.2) is 53.5 Å². The van der Waals surface area contributed by atoms with E-state index >= 15 is 0 Å². The van der Waals surface area contributed by atoms with Crippen molar-refractivity contribution in [3.05, 3.63) is 70.3 Å². The SMILES string of the molecule is CCc1cc(-c2cccc(C)n2)ccc1-c1cc2cnc(NC3COC3)nc2n(C[C@@H]2CNCCO2)c1=O. The summed E-state index contributed by atoms with van der Waals surface area (Å²) >= 11 is 0. The lowest BCUT2D eigenvalue weighted by molar-refractivity contribution is 0.0183. The monoisotopic (exact) mass is 512 g/mol. The van der Waals surface area contributed by atoms with Crippen LogP contribution in [0.5, 0.6) is 0 Å². The Hall–Kier alpha value is -3.66. The van der Waals surface area contributed by atoms with Gasteiger partial charge in [-0.3, -0.25) is 14.3 Å². The molecule has 6 rings (SSSR count). The molecule has 9 heteroatoms. The van der Waals surface area contributed by atoms with Crippen LogP contribution in [-0.2, 0) is 22.4 Å². The summed E-state index contributed by atoms with van der Waals surface area (Å²) in [6, 6.07) is 14.4. The minimum absolute atomic E-state index is 0.0839. The van der Waals surface area contributed by atoms with Crippen LogP contribution >= 0.6 is 0 Å². The summed E-state index contributed by atoms with van der Waals surface area (Å²) in [6.07, 6.45) is 2.46. The molecular formula is C29H32N6O3. The van der Waals surface area contributed by atoms with Gasteiger partial charge in [-0.1, -0.05) is 25.1 Å². The van der Waals surface area contributed by atoms with Crippen LogP contribution in [0.25, 0.3) is 33.4 Å². The van der Waals surface area contributed by atoms with Crippen LogP contribution in [0.1, 0.15) is 18.2 Å². The Morgan fingerprint density at radius 2 is 2.03 bits per heavy atom. The van der Waals surface area contributed by atoms with Crippen LogP contribution in [0.2, 0.25) is 0 Å². The number of anilines is 1. The quantitative estimate of drug-likeness (QED) is 0.389. The number of aromatic nitrogens is 4. The van der Waals surface area contributed by atoms with Crippen molar-refractivity contribution in [2.75, 3.05) is 38.2 Å². The number of rotatable bonds is 7. The van der Waals surface area contributed by atoms with Crippen molar-refractivity contribution >= 4 is 17.0 Å². The molecule has 3 aromatic heterocycles. The number of benzene rings is 1. The van der Waals surface area contributed by atoms with Gasteiger partial charge in [-0.05, 0) is 48.7 Å². The number of morpholine rings is 1. The van der Waals surface area contributed by atoms with Crippen LogP contribution in [-0.4, -0.2) is 64.6 Å². The van der Waals surface area contributed by atoms with Gasteiger partial charge < -0.3 is 20.1 Å². The van der Waals surface area contributed by atoms with Gasteiger partial charge in [0.2, 0.25) is 5.95 Å². The van der Waals surface area contributed by atoms with Gasteiger partial charge in [0.15, 0.2) is 0 Å². The fourth-order valence-electron chi connectivity index (χ4n) is 5.05. The van der Waals surface area contributed by atoms with Crippen molar-refractivity contribution in [2.24, 2.45) is 0 Å². The molecule has 2 aliphatic heterocycles. The Morgan fingerprint density at radius 1 is 1.13 bits per heavy atom. The lowest BCUT2D eigenvalue weighted by Crippen LogP contribution is -2.42. The number of fused-ring (bicyclic) bond motifs is 1. The minimum Gasteiger partial charge on any atom is -0.377 e. The molecule has 9 nitrogen and oxygen atoms in total. The number of hydrogen-bond acceptors (Lipinski definition) is 8. The highest BCUT2D eigenvalue weighted by atomic mass is 16.5. The summed E-state index contributed by atoms with van der Waals surface area (Å²) in [5.74, 6) is 0.499. The Balaban J connectivity index is 1.46. The van der Waals surface area contributed by atoms with Gasteiger partial charge in [-0.2, -0.15) is 4.98 Å². The first kappa shape index (κ1) is 24.7. The van der Waals surface area contributed by atoms with Gasteiger partial charge in [0, 0.05) is 41.5 Å². The standard InChI is InChI=1S/C29H32N6O3/c1-3-19-11-20(26-6-4-5-18(2)32-26)7-8-24(19)25-12-21-13-31-29(33-22-16-37-17-22)34-27(21)35(28(25)36)15-23-14-30-9-10-38-23/h4-8,11-13,22-23,30H,3,9-10,14-17H2,1-2H3,(H,31,33,34)/t23-/m0/s1. The molecule has 1 atom stereocenters. The fraction of sp³-hybridized carbons (Fsp3) is 0.379. The largest absolute Gasteiger partial charge is 0.377 e. The van der Waals surface area contributed by atoms with E-state index in [1.165, 1.54) is 0 Å². The molecule has 2 saturated heterocycles. The van der Waals surface area contributed by atoms with E-state index < -0.39 is 0 Å². The zero-order chi connectivity index (χ0) is 26.1. The van der Waals surface area contributed by atoms with Crippen LogP contribution in [0, 0.1) is 6.92 Å². The van der Waals surface area contributed by atoms with E-state index in [0.717, 1.165) is 46.4 Å². The van der Waals surface area contributed by atoms with Crippen molar-refractivity contribution < 1.29 is 9.47 Å². The third-order valence-electron chi connectivity index (χ3n) is 7.15. The predicted molar refractivity (Wildman–Crippen MR) is 147 cm³/mol. The van der Waals surface area contributed by atoms with Crippen LogP contribution < -0.4 is 16.2 Å². The predicted octanol–water partition coefficient (Wildman–Crippen LogP) is 3.19. The van der Waals surface area contributed by atoms with Gasteiger partial charge in [-0.25, -0.2) is 4.98 Å². The molecule has 2 aliphatic rings. The van der Waals surface area contributed by atoms with Crippen LogP contribution in [0.3, 0.4) is 0 Å². The molecule has 0 bridgehead atoms. The molecule has 0 aliphatic carbocycles. The molecular weight excluding hydrogens is 480 g/mol. The molecule has 1 aromatic carbocycles. The highest BCUT2D eigenvalue weighted by molar-refractivity contribution is 5.83. The number of hydrogen-bond donors (Lipinski definition) is 2. The van der Waals surface area contributed by atoms with E-state index in [4.69, 9.17) is 14.5 Å². The van der Waals surface area contributed by atoms with Crippen molar-refractivity contribution in [1.82, 2.24) is 24.8 Å². The van der Waals surface area contributed by atoms with E-state index in [-0.39, 0.29) is 17.7 Å². The number of aryl methyl sites for hydroxylation is 2. The molecule has 5 heterocycles. The van der Waals surface area contributed by atoms with Gasteiger partial charge in [0.05, 0.1) is 44.2 Å². The normalized spacial score (nSPS) is 17.9. The fourth-order valence-corrected chi connectivity index (χ4v) is 5.05. The average molecular weight is 513 g/mol. The summed E-state index contributed by atoms with van der Waals surface area (Å²) in [6.45, 7) is 7.88. The molecule has 0 radical (unpaired) electrons. The molecule has 2 fully saturated rings. The highest BCUT2D eigenvalue weighted by Crippen LogP contribution is 2.29. The molecule has 196 valence electrons. The molecule has 4 aromatic rings. The third-order valence-corrected chi connectivity index (χ3v) is 7.15. The number of ether oxygens (including phenoxy) is 2. The first-order valence-corrected chi connectivity index (χ1v) is 13.2. The van der Waals surface area contributed by atoms with E-state index in [1.54, 1.807) is 10.8 Å². The average Bonchev–Trinajstić information content (AvgIpc) is 2.92. The minimum atomic E-state index is -0.119. The number of nitrogens with one attached hydrogen (secondary N) is 2. The van der Waals surface area contributed by atoms with Gasteiger partial charge in [0.1, 0.15) is 5.65 Å². The van der Waals surface area contributed by atoms with E-state index in [2.05, 4.69) is 33.6 Å². The second kappa shape index (κ2) is 10.6. The topological polar surface area (TPSA) is 103 Å². The molecule has 0 spiro atoms. The lowest BCUT2D eigenvalue weighted by atomic mass is 9.95. The first-order valence-electron chi connectivity index (χ1n) is 13.2. The van der Waals surface area contributed by atoms with Crippen molar-refractivity contribution in [3.8, 4) is 22.4 Å². The zero-order valence-corrected chi connectivity index (χ0v) is 21.7. The molecule has 2 N–H and O–H groups in total. The Morgan fingerprint density at radius 3 is 2.76 bits per heavy atom. The molecule has 0 unspecified atom stereocenters. The van der Waals surface area contributed by atoms with E-state index in [1.807, 2.05) is 43.3 Å². The maximum Gasteiger partial charge on any atom is 0.260 e. The lowest BCUT2D eigenvalue weighted by Gasteiger charge is -2.27. The zero-order valence-electron chi connectivity index (χ0n) is 21.7. The summed E-state index contributed by atoms with van der Waals surface area (Å²) in [5, 5.41) is 7.47. The molecule has 38 heavy (non-hydrogen) atoms. The second-order valence-electron chi connectivity index (χ2n) is 9.91. The third kappa shape index (κ3) is 4.92. The molecule has 0 amide bonds. The van der Waals surface area contributed by atoms with Crippen molar-refractivity contribution in [3.63, 3.8) is 0 Å². The Labute approximate surface area is 221 Å². The maximum atomic E-state index is 14.1. The highest BCUT2D eigenvalue weighted by Gasteiger charge is 2.22. The van der Waals surface area contributed by atoms with Crippen LogP contribution in [0.4, 0.5) is 5.95 Å². The van der Waals surface area contributed by atoms with Crippen molar-refractivity contribution in [2.45, 2.75) is 39.0 Å². The van der Waals surface area contributed by atoms with Gasteiger partial charge >= 0.3 is 0 Å². The number of nitrogens with zero attached hydrogens (tertiary/aromatic N) is 4. The summed E-state index contributed by atoms with van der Waals surface area (Å²) in [4.78, 5) is 28.1. The van der Waals surface area contributed by atoms with Gasteiger partial charge in [0.25, 0.3) is 5.56 Å². The maximum absolute atomic E-state index is 14.1. The second-order valence-corrected chi connectivity index (χ2v) is 9.91. The Bertz CT molecular complexity index is 1530. The number of pyridine rings is 2. The molecule has 0 saturated carbocycles. The summed E-state index contributed by atoms with van der Waals surface area (Å²) < 4.78 is 13.0. The smallest absolute Gasteiger partial charge is 0.260 e. The van der Waals surface area contributed by atoms with E-state index in [9.17, 15) is 4.79 Å².